The van der Waals surface area contributed by atoms with E-state index in [9.17, 15) is 9.90 Å². The Kier molecular flexibility index (Phi) is 6.04. The van der Waals surface area contributed by atoms with Gasteiger partial charge in [0.25, 0.3) is 0 Å². The van der Waals surface area contributed by atoms with Gasteiger partial charge >= 0.3 is 5.97 Å². The number of benzene rings is 2. The van der Waals surface area contributed by atoms with Gasteiger partial charge in [0.1, 0.15) is 23.3 Å². The third-order valence-corrected chi connectivity index (χ3v) is 4.30. The highest BCUT2D eigenvalue weighted by Crippen LogP contribution is 2.31. The third kappa shape index (κ3) is 4.59. The summed E-state index contributed by atoms with van der Waals surface area (Å²) in [5, 5.41) is 18.3. The standard InChI is InChI=1S/C15H13BrINO4/c16-12-7-9(8-13(18-17)15(20)21)1-6-14(12)22-11-4-2-10(19)3-5-11/h1-7,13,18-19H,8H2,(H,20,21). The molecule has 1 atom stereocenters. The van der Waals surface area contributed by atoms with E-state index in [2.05, 4.69) is 19.5 Å². The van der Waals surface area contributed by atoms with Crippen LogP contribution in [0, 0.1) is 0 Å². The van der Waals surface area contributed by atoms with E-state index in [1.54, 1.807) is 30.3 Å². The molecule has 2 rings (SSSR count). The average Bonchev–Trinajstić information content (AvgIpc) is 2.49. The predicted octanol–water partition coefficient (Wildman–Crippen LogP) is 3.88. The van der Waals surface area contributed by atoms with Crippen molar-refractivity contribution < 1.29 is 19.7 Å². The Labute approximate surface area is 149 Å². The van der Waals surface area contributed by atoms with E-state index >= 15 is 0 Å². The number of aliphatic carboxylic acids is 1. The first-order valence-corrected chi connectivity index (χ1v) is 8.21. The lowest BCUT2D eigenvalue weighted by atomic mass is 10.1. The summed E-state index contributed by atoms with van der Waals surface area (Å²) in [6, 6.07) is 11.2. The molecule has 0 aromatic heterocycles. The van der Waals surface area contributed by atoms with Crippen molar-refractivity contribution in [1.29, 1.82) is 0 Å². The Hall–Kier alpha value is -1.32. The number of ether oxygens (including phenoxy) is 1. The first-order valence-electron chi connectivity index (χ1n) is 6.34. The van der Waals surface area contributed by atoms with Crippen LogP contribution in [0.1, 0.15) is 5.56 Å². The quantitative estimate of drug-likeness (QED) is 0.434. The molecule has 0 amide bonds. The number of phenols is 1. The molecule has 0 radical (unpaired) electrons. The Morgan fingerprint density at radius 3 is 2.50 bits per heavy atom. The van der Waals surface area contributed by atoms with E-state index in [1.165, 1.54) is 0 Å². The van der Waals surface area contributed by atoms with Crippen LogP contribution in [0.3, 0.4) is 0 Å². The van der Waals surface area contributed by atoms with Gasteiger partial charge in [0.2, 0.25) is 0 Å². The molecule has 2 aromatic rings. The molecular weight excluding hydrogens is 465 g/mol. The molecule has 3 N–H and O–H groups in total. The van der Waals surface area contributed by atoms with Crippen LogP contribution in [0.5, 0.6) is 17.2 Å². The van der Waals surface area contributed by atoms with Gasteiger partial charge in [0.15, 0.2) is 0 Å². The van der Waals surface area contributed by atoms with E-state index in [0.29, 0.717) is 17.9 Å². The number of carboxylic acids is 1. The molecule has 0 saturated carbocycles. The molecule has 0 spiro atoms. The van der Waals surface area contributed by atoms with Crippen LogP contribution >= 0.6 is 38.8 Å². The number of halogens is 2. The number of nitrogens with one attached hydrogen (secondary N) is 1. The molecule has 116 valence electrons. The van der Waals surface area contributed by atoms with Crippen LogP contribution in [0.25, 0.3) is 0 Å². The first-order chi connectivity index (χ1) is 10.5. The highest BCUT2D eigenvalue weighted by atomic mass is 127. The number of carboxylic acid groups (broad SMARTS) is 1. The van der Waals surface area contributed by atoms with Crippen molar-refractivity contribution in [1.82, 2.24) is 3.53 Å². The normalized spacial score (nSPS) is 11.9. The fraction of sp³-hybridized carbons (Fsp3) is 0.133. The van der Waals surface area contributed by atoms with Crippen molar-refractivity contribution in [3.8, 4) is 17.2 Å². The number of hydrogen-bond donors (Lipinski definition) is 3. The van der Waals surface area contributed by atoms with Gasteiger partial charge in [-0.15, -0.1) is 0 Å². The number of hydrogen-bond acceptors (Lipinski definition) is 4. The van der Waals surface area contributed by atoms with Gasteiger partial charge in [-0.1, -0.05) is 6.07 Å². The monoisotopic (exact) mass is 477 g/mol. The third-order valence-electron chi connectivity index (χ3n) is 2.93. The van der Waals surface area contributed by atoms with Crippen LogP contribution in [-0.2, 0) is 11.2 Å². The molecule has 2 aromatic carbocycles. The Balaban J connectivity index is 2.12. The van der Waals surface area contributed by atoms with Gasteiger partial charge < -0.3 is 14.9 Å². The second-order valence-electron chi connectivity index (χ2n) is 4.56. The number of phenolic OH excluding ortho intramolecular Hbond substituents is 1. The Morgan fingerprint density at radius 1 is 1.27 bits per heavy atom. The average molecular weight is 478 g/mol. The zero-order valence-electron chi connectivity index (χ0n) is 11.3. The molecule has 0 heterocycles. The molecule has 0 fully saturated rings. The SMILES string of the molecule is O=C(O)C(Cc1ccc(Oc2ccc(O)cc2)c(Br)c1)NI. The van der Waals surface area contributed by atoms with Gasteiger partial charge in [-0.05, 0) is 64.3 Å². The number of carbonyl (C=O) groups is 1. The van der Waals surface area contributed by atoms with Crippen molar-refractivity contribution in [2.45, 2.75) is 12.5 Å². The highest BCUT2D eigenvalue weighted by Gasteiger charge is 2.16. The molecule has 0 aliphatic carbocycles. The maximum absolute atomic E-state index is 11.0. The predicted molar refractivity (Wildman–Crippen MR) is 94.6 cm³/mol. The summed E-state index contributed by atoms with van der Waals surface area (Å²) in [5.74, 6) is 0.495. The van der Waals surface area contributed by atoms with Crippen LogP contribution < -0.4 is 8.27 Å². The van der Waals surface area contributed by atoms with E-state index in [0.717, 1.165) is 10.0 Å². The molecule has 22 heavy (non-hydrogen) atoms. The minimum Gasteiger partial charge on any atom is -0.508 e. The van der Waals surface area contributed by atoms with Gasteiger partial charge in [-0.2, -0.15) is 0 Å². The number of aromatic hydroxyl groups is 1. The van der Waals surface area contributed by atoms with Crippen molar-refractivity contribution in [3.05, 3.63) is 52.5 Å². The first kappa shape index (κ1) is 17.0. The van der Waals surface area contributed by atoms with E-state index in [-0.39, 0.29) is 5.75 Å². The minimum atomic E-state index is -0.894. The summed E-state index contributed by atoms with van der Waals surface area (Å²) in [6.07, 6.45) is 0.371. The summed E-state index contributed by atoms with van der Waals surface area (Å²) < 4.78 is 9.17. The molecule has 7 heteroatoms. The molecule has 1 unspecified atom stereocenters. The smallest absolute Gasteiger partial charge is 0.321 e. The summed E-state index contributed by atoms with van der Waals surface area (Å²) in [7, 11) is 0. The largest absolute Gasteiger partial charge is 0.508 e. The molecule has 5 nitrogen and oxygen atoms in total. The van der Waals surface area contributed by atoms with Gasteiger partial charge in [-0.3, -0.25) is 4.79 Å². The second-order valence-corrected chi connectivity index (χ2v) is 6.04. The topological polar surface area (TPSA) is 78.8 Å². The maximum Gasteiger partial charge on any atom is 0.321 e. The van der Waals surface area contributed by atoms with Crippen molar-refractivity contribution >= 4 is 44.8 Å². The number of rotatable bonds is 6. The zero-order chi connectivity index (χ0) is 16.1. The summed E-state index contributed by atoms with van der Waals surface area (Å²) in [6.45, 7) is 0. The van der Waals surface area contributed by atoms with Crippen molar-refractivity contribution in [2.24, 2.45) is 0 Å². The lowest BCUT2D eigenvalue weighted by Crippen LogP contribution is -2.32. The van der Waals surface area contributed by atoms with Crippen LogP contribution in [0.15, 0.2) is 46.9 Å². The fourth-order valence-electron chi connectivity index (χ4n) is 1.80. The van der Waals surface area contributed by atoms with Crippen LogP contribution in [0.2, 0.25) is 0 Å². The zero-order valence-corrected chi connectivity index (χ0v) is 15.0. The summed E-state index contributed by atoms with van der Waals surface area (Å²) in [4.78, 5) is 11.0. The van der Waals surface area contributed by atoms with Gasteiger partial charge in [0, 0.05) is 22.9 Å². The van der Waals surface area contributed by atoms with Crippen LogP contribution in [0.4, 0.5) is 0 Å². The van der Waals surface area contributed by atoms with Crippen LogP contribution in [-0.4, -0.2) is 22.2 Å². The molecule has 0 saturated heterocycles. The lowest BCUT2D eigenvalue weighted by molar-refractivity contribution is -0.138. The van der Waals surface area contributed by atoms with Crippen molar-refractivity contribution in [2.75, 3.05) is 0 Å². The van der Waals surface area contributed by atoms with E-state index in [4.69, 9.17) is 9.84 Å². The molecule has 0 aliphatic heterocycles. The summed E-state index contributed by atoms with van der Waals surface area (Å²) in [5.41, 5.74) is 0.876. The Morgan fingerprint density at radius 2 is 1.95 bits per heavy atom. The molecular formula is C15H13BrINO4. The van der Waals surface area contributed by atoms with Crippen molar-refractivity contribution in [3.63, 3.8) is 0 Å². The second kappa shape index (κ2) is 7.80. The fourth-order valence-corrected chi connectivity index (χ4v) is 2.80. The summed E-state index contributed by atoms with van der Waals surface area (Å²) >= 11 is 5.26. The lowest BCUT2D eigenvalue weighted by Gasteiger charge is -2.12. The van der Waals surface area contributed by atoms with E-state index in [1.807, 2.05) is 35.0 Å². The maximum atomic E-state index is 11.0. The molecule has 0 bridgehead atoms. The Bertz CT molecular complexity index is 663. The highest BCUT2D eigenvalue weighted by molar-refractivity contribution is 14.1. The van der Waals surface area contributed by atoms with Gasteiger partial charge in [0.05, 0.1) is 4.47 Å². The van der Waals surface area contributed by atoms with E-state index < -0.39 is 12.0 Å². The molecule has 0 aliphatic rings. The van der Waals surface area contributed by atoms with Gasteiger partial charge in [-0.25, -0.2) is 3.53 Å². The minimum absolute atomic E-state index is 0.174.